The maximum atomic E-state index is 12.5. The van der Waals surface area contributed by atoms with E-state index in [0.29, 0.717) is 12.2 Å². The lowest BCUT2D eigenvalue weighted by Gasteiger charge is -2.32. The predicted octanol–water partition coefficient (Wildman–Crippen LogP) is 2.69. The number of fused-ring (bicyclic) bond motifs is 1. The van der Waals surface area contributed by atoms with Gasteiger partial charge in [-0.2, -0.15) is 0 Å². The fraction of sp³-hybridized carbons (Fsp3) is 0.350. The Balaban J connectivity index is 1.43. The van der Waals surface area contributed by atoms with Gasteiger partial charge in [-0.05, 0) is 38.1 Å². The van der Waals surface area contributed by atoms with Gasteiger partial charge in [0.25, 0.3) is 5.91 Å². The number of nitrogens with zero attached hydrogens (tertiary/aromatic N) is 4. The Bertz CT molecular complexity index is 931. The van der Waals surface area contributed by atoms with Crippen LogP contribution in [0.5, 0.6) is 0 Å². The van der Waals surface area contributed by atoms with Crippen LogP contribution < -0.4 is 5.32 Å². The summed E-state index contributed by atoms with van der Waals surface area (Å²) in [5.41, 5.74) is 1.27. The van der Waals surface area contributed by atoms with E-state index in [2.05, 4.69) is 31.7 Å². The molecule has 0 saturated carbocycles. The summed E-state index contributed by atoms with van der Waals surface area (Å²) in [4.78, 5) is 23.6. The molecule has 4 heterocycles. The number of carbonyl (C=O) groups is 1. The van der Waals surface area contributed by atoms with Gasteiger partial charge in [0, 0.05) is 25.5 Å². The number of nitrogens with one attached hydrogen (secondary N) is 1. The predicted molar refractivity (Wildman–Crippen MR) is 99.9 cm³/mol. The third-order valence-electron chi connectivity index (χ3n) is 4.90. The van der Waals surface area contributed by atoms with Crippen molar-refractivity contribution in [2.24, 2.45) is 0 Å². The largest absolute Gasteiger partial charge is 0.465 e. The molecule has 1 aliphatic rings. The molecule has 0 bridgehead atoms. The number of amides is 1. The maximum absolute atomic E-state index is 12.5. The van der Waals surface area contributed by atoms with Crippen LogP contribution in [0.2, 0.25) is 0 Å². The zero-order chi connectivity index (χ0) is 18.8. The Hall–Kier alpha value is -2.93. The number of imidazole rings is 1. The van der Waals surface area contributed by atoms with Crippen LogP contribution in [0.25, 0.3) is 0 Å². The number of aryl methyl sites for hydroxylation is 1. The number of carbonyl (C=O) groups excluding carboxylic acids is 1. The molecule has 0 radical (unpaired) electrons. The highest BCUT2D eigenvalue weighted by Crippen LogP contribution is 2.26. The fourth-order valence-corrected chi connectivity index (χ4v) is 3.40. The van der Waals surface area contributed by atoms with Crippen LogP contribution in [0.15, 0.2) is 47.1 Å². The van der Waals surface area contributed by atoms with Crippen molar-refractivity contribution >= 4 is 5.91 Å². The van der Waals surface area contributed by atoms with Crippen molar-refractivity contribution in [2.75, 3.05) is 6.54 Å². The summed E-state index contributed by atoms with van der Waals surface area (Å²) in [7, 11) is 0. The Morgan fingerprint density at radius 1 is 1.30 bits per heavy atom. The van der Waals surface area contributed by atoms with Gasteiger partial charge >= 0.3 is 0 Å². The van der Waals surface area contributed by atoms with E-state index in [9.17, 15) is 4.79 Å². The zero-order valence-corrected chi connectivity index (χ0v) is 15.6. The van der Waals surface area contributed by atoms with Gasteiger partial charge in [-0.15, -0.1) is 0 Å². The van der Waals surface area contributed by atoms with E-state index in [1.807, 2.05) is 43.5 Å². The summed E-state index contributed by atoms with van der Waals surface area (Å²) in [5, 5.41) is 2.89. The van der Waals surface area contributed by atoms with Crippen LogP contribution >= 0.6 is 0 Å². The molecule has 0 saturated heterocycles. The SMILES string of the molecule is Cc1ccc(CN2CCn3cc(C(=O)NCc4ccccn4)nc3C2C)o1. The third kappa shape index (κ3) is 3.78. The third-order valence-corrected chi connectivity index (χ3v) is 4.90. The first-order chi connectivity index (χ1) is 13.1. The average Bonchev–Trinajstić information content (AvgIpc) is 3.29. The van der Waals surface area contributed by atoms with Gasteiger partial charge in [-0.3, -0.25) is 14.7 Å². The van der Waals surface area contributed by atoms with E-state index < -0.39 is 0 Å². The summed E-state index contributed by atoms with van der Waals surface area (Å²) in [6.45, 7) is 6.89. The van der Waals surface area contributed by atoms with Gasteiger partial charge in [-0.1, -0.05) is 6.07 Å². The number of rotatable bonds is 5. The molecule has 27 heavy (non-hydrogen) atoms. The molecule has 7 heteroatoms. The smallest absolute Gasteiger partial charge is 0.271 e. The number of aromatic nitrogens is 3. The van der Waals surface area contributed by atoms with Crippen molar-refractivity contribution in [3.05, 3.63) is 71.5 Å². The molecular formula is C20H23N5O2. The molecule has 0 aliphatic carbocycles. The zero-order valence-electron chi connectivity index (χ0n) is 15.6. The second-order valence-electron chi connectivity index (χ2n) is 6.84. The van der Waals surface area contributed by atoms with E-state index in [0.717, 1.165) is 42.7 Å². The van der Waals surface area contributed by atoms with E-state index in [-0.39, 0.29) is 11.9 Å². The van der Waals surface area contributed by atoms with Crippen molar-refractivity contribution in [3.63, 3.8) is 0 Å². The summed E-state index contributed by atoms with van der Waals surface area (Å²) in [6, 6.07) is 9.75. The lowest BCUT2D eigenvalue weighted by molar-refractivity contribution is 0.0945. The molecule has 1 N–H and O–H groups in total. The number of pyridine rings is 1. The molecular weight excluding hydrogens is 342 g/mol. The van der Waals surface area contributed by atoms with Crippen molar-refractivity contribution in [1.29, 1.82) is 0 Å². The van der Waals surface area contributed by atoms with Gasteiger partial charge in [0.2, 0.25) is 0 Å². The number of hydrogen-bond acceptors (Lipinski definition) is 5. The van der Waals surface area contributed by atoms with Gasteiger partial charge in [0.15, 0.2) is 0 Å². The minimum Gasteiger partial charge on any atom is -0.465 e. The molecule has 1 aliphatic heterocycles. The first-order valence-electron chi connectivity index (χ1n) is 9.14. The number of furan rings is 1. The van der Waals surface area contributed by atoms with E-state index in [1.54, 1.807) is 6.20 Å². The summed E-state index contributed by atoms with van der Waals surface area (Å²) in [5.74, 6) is 2.60. The normalized spacial score (nSPS) is 16.9. The molecule has 7 nitrogen and oxygen atoms in total. The second-order valence-corrected chi connectivity index (χ2v) is 6.84. The first kappa shape index (κ1) is 17.5. The quantitative estimate of drug-likeness (QED) is 0.752. The Morgan fingerprint density at radius 3 is 2.93 bits per heavy atom. The molecule has 140 valence electrons. The molecule has 1 atom stereocenters. The molecule has 0 aromatic carbocycles. The first-order valence-corrected chi connectivity index (χ1v) is 9.14. The number of hydrogen-bond donors (Lipinski definition) is 1. The molecule has 1 unspecified atom stereocenters. The molecule has 3 aromatic heterocycles. The molecule has 1 amide bonds. The Kier molecular flexibility index (Phi) is 4.77. The second kappa shape index (κ2) is 7.36. The van der Waals surface area contributed by atoms with Crippen LogP contribution in [-0.2, 0) is 19.6 Å². The van der Waals surface area contributed by atoms with Crippen LogP contribution in [-0.4, -0.2) is 31.9 Å². The van der Waals surface area contributed by atoms with Crippen LogP contribution in [0.1, 0.15) is 46.5 Å². The van der Waals surface area contributed by atoms with E-state index in [1.165, 1.54) is 0 Å². The van der Waals surface area contributed by atoms with Crippen LogP contribution in [0.3, 0.4) is 0 Å². The van der Waals surface area contributed by atoms with Crippen LogP contribution in [0.4, 0.5) is 0 Å². The van der Waals surface area contributed by atoms with Crippen molar-refractivity contribution < 1.29 is 9.21 Å². The molecule has 0 spiro atoms. The van der Waals surface area contributed by atoms with Crippen molar-refractivity contribution in [1.82, 2.24) is 24.8 Å². The standard InChI is InChI=1S/C20H23N5O2/c1-14-6-7-17(27-14)12-24-9-10-25-13-18(23-19(25)15(24)2)20(26)22-11-16-5-3-4-8-21-16/h3-8,13,15H,9-12H2,1-2H3,(H,22,26). The summed E-state index contributed by atoms with van der Waals surface area (Å²) in [6.07, 6.45) is 3.56. The van der Waals surface area contributed by atoms with Gasteiger partial charge in [-0.25, -0.2) is 4.98 Å². The van der Waals surface area contributed by atoms with E-state index in [4.69, 9.17) is 4.42 Å². The maximum Gasteiger partial charge on any atom is 0.271 e. The van der Waals surface area contributed by atoms with Gasteiger partial charge in [0.1, 0.15) is 23.0 Å². The lowest BCUT2D eigenvalue weighted by Crippen LogP contribution is -2.36. The van der Waals surface area contributed by atoms with Gasteiger partial charge < -0.3 is 14.3 Å². The van der Waals surface area contributed by atoms with Crippen molar-refractivity contribution in [2.45, 2.75) is 39.5 Å². The minimum absolute atomic E-state index is 0.112. The Morgan fingerprint density at radius 2 is 2.19 bits per heavy atom. The summed E-state index contributed by atoms with van der Waals surface area (Å²) >= 11 is 0. The van der Waals surface area contributed by atoms with Crippen LogP contribution in [0, 0.1) is 6.92 Å². The van der Waals surface area contributed by atoms with Crippen molar-refractivity contribution in [3.8, 4) is 0 Å². The molecule has 4 rings (SSSR count). The molecule has 0 fully saturated rings. The Labute approximate surface area is 158 Å². The summed E-state index contributed by atoms with van der Waals surface area (Å²) < 4.78 is 7.77. The van der Waals surface area contributed by atoms with E-state index >= 15 is 0 Å². The average molecular weight is 365 g/mol. The highest BCUT2D eigenvalue weighted by molar-refractivity contribution is 5.92. The lowest BCUT2D eigenvalue weighted by atomic mass is 10.2. The highest BCUT2D eigenvalue weighted by Gasteiger charge is 2.28. The monoisotopic (exact) mass is 365 g/mol. The van der Waals surface area contributed by atoms with Gasteiger partial charge in [0.05, 0.1) is 24.8 Å². The molecule has 3 aromatic rings. The minimum atomic E-state index is -0.178. The fourth-order valence-electron chi connectivity index (χ4n) is 3.40. The topological polar surface area (TPSA) is 76.2 Å². The highest BCUT2D eigenvalue weighted by atomic mass is 16.3.